The van der Waals surface area contributed by atoms with Crippen LogP contribution in [0.2, 0.25) is 19.6 Å². The van der Waals surface area contributed by atoms with Gasteiger partial charge in [-0.15, -0.1) is 6.58 Å². The van der Waals surface area contributed by atoms with Gasteiger partial charge in [0.25, 0.3) is 0 Å². The van der Waals surface area contributed by atoms with E-state index >= 15 is 0 Å². The maximum atomic E-state index is 5.08. The molecule has 0 aliphatic heterocycles. The summed E-state index contributed by atoms with van der Waals surface area (Å²) in [4.78, 5) is 0. The molecule has 2 heteroatoms. The topological polar surface area (TPSA) is 9.23 Å². The number of unbranched alkanes of at least 4 members (excludes halogenated alkanes) is 2. The highest BCUT2D eigenvalue weighted by Crippen LogP contribution is 1.97. The van der Waals surface area contributed by atoms with Crippen LogP contribution in [0.25, 0.3) is 0 Å². The Morgan fingerprint density at radius 3 is 1.83 bits per heavy atom. The van der Waals surface area contributed by atoms with Crippen LogP contribution >= 0.6 is 0 Å². The number of rotatable bonds is 4. The van der Waals surface area contributed by atoms with Crippen molar-refractivity contribution in [2.24, 2.45) is 0 Å². The van der Waals surface area contributed by atoms with E-state index in [1.165, 1.54) is 19.3 Å². The SMILES string of the molecule is C=CCCCC.CO[Si](C)(C)C. The largest absolute Gasteiger partial charge is 0.421 e. The Morgan fingerprint density at radius 2 is 1.75 bits per heavy atom. The fourth-order valence-electron chi connectivity index (χ4n) is 0.348. The van der Waals surface area contributed by atoms with Gasteiger partial charge in [0, 0.05) is 7.11 Å². The zero-order valence-electron chi connectivity index (χ0n) is 9.31. The van der Waals surface area contributed by atoms with Crippen molar-refractivity contribution in [2.75, 3.05) is 7.11 Å². The minimum Gasteiger partial charge on any atom is -0.421 e. The van der Waals surface area contributed by atoms with Crippen molar-refractivity contribution in [1.82, 2.24) is 0 Å². The molecule has 1 nitrogen and oxygen atoms in total. The van der Waals surface area contributed by atoms with Crippen LogP contribution in [0.3, 0.4) is 0 Å². The Kier molecular flexibility index (Phi) is 10.8. The number of hydrogen-bond acceptors (Lipinski definition) is 1. The van der Waals surface area contributed by atoms with Crippen LogP contribution in [-0.2, 0) is 4.43 Å². The van der Waals surface area contributed by atoms with Gasteiger partial charge >= 0.3 is 0 Å². The van der Waals surface area contributed by atoms with Gasteiger partial charge in [0.05, 0.1) is 0 Å². The van der Waals surface area contributed by atoms with E-state index in [4.69, 9.17) is 4.43 Å². The third-order valence-electron chi connectivity index (χ3n) is 1.37. The van der Waals surface area contributed by atoms with Crippen LogP contribution in [0.4, 0.5) is 0 Å². The van der Waals surface area contributed by atoms with Gasteiger partial charge in [-0.3, -0.25) is 0 Å². The van der Waals surface area contributed by atoms with Crippen LogP contribution in [0.15, 0.2) is 12.7 Å². The molecule has 0 amide bonds. The lowest BCUT2D eigenvalue weighted by atomic mass is 10.3. The summed E-state index contributed by atoms with van der Waals surface area (Å²) in [6.07, 6.45) is 5.72. The third kappa shape index (κ3) is 22.5. The summed E-state index contributed by atoms with van der Waals surface area (Å²) in [5.41, 5.74) is 0. The Labute approximate surface area is 79.0 Å². The summed E-state index contributed by atoms with van der Waals surface area (Å²) < 4.78 is 5.08. The highest BCUT2D eigenvalue weighted by atomic mass is 28.4. The first-order chi connectivity index (χ1) is 5.47. The van der Waals surface area contributed by atoms with Crippen molar-refractivity contribution in [1.29, 1.82) is 0 Å². The summed E-state index contributed by atoms with van der Waals surface area (Å²) in [5, 5.41) is 0. The molecule has 0 saturated heterocycles. The average molecular weight is 188 g/mol. The van der Waals surface area contributed by atoms with E-state index in [0.29, 0.717) is 0 Å². The summed E-state index contributed by atoms with van der Waals surface area (Å²) in [6.45, 7) is 12.3. The van der Waals surface area contributed by atoms with E-state index < -0.39 is 8.32 Å². The van der Waals surface area contributed by atoms with Crippen LogP contribution < -0.4 is 0 Å². The van der Waals surface area contributed by atoms with Crippen molar-refractivity contribution in [2.45, 2.75) is 45.8 Å². The van der Waals surface area contributed by atoms with E-state index in [0.717, 1.165) is 0 Å². The summed E-state index contributed by atoms with van der Waals surface area (Å²) in [6, 6.07) is 0. The van der Waals surface area contributed by atoms with Gasteiger partial charge < -0.3 is 4.43 Å². The summed E-state index contributed by atoms with van der Waals surface area (Å²) >= 11 is 0. The first kappa shape index (κ1) is 14.4. The first-order valence-electron chi connectivity index (χ1n) is 4.64. The molecule has 0 fully saturated rings. The lowest BCUT2D eigenvalue weighted by Crippen LogP contribution is -2.22. The molecule has 0 atom stereocenters. The molecule has 0 aliphatic rings. The van der Waals surface area contributed by atoms with Gasteiger partial charge in [-0.2, -0.15) is 0 Å². The predicted octanol–water partition coefficient (Wildman–Crippen LogP) is 3.83. The minimum absolute atomic E-state index is 1.13. The highest BCUT2D eigenvalue weighted by molar-refractivity contribution is 6.69. The van der Waals surface area contributed by atoms with Crippen LogP contribution in [0, 0.1) is 0 Å². The summed E-state index contributed by atoms with van der Waals surface area (Å²) in [7, 11) is 0.639. The average Bonchev–Trinajstić information content (AvgIpc) is 2.01. The molecular formula is C10H24OSi. The Morgan fingerprint density at radius 1 is 1.33 bits per heavy atom. The standard InChI is InChI=1S/C6H12.C4H12OSi/c1-3-5-6-4-2;1-5-6(2,3)4/h3H,1,4-6H2,2H3;1-4H3. The molecule has 0 radical (unpaired) electrons. The molecule has 0 aliphatic carbocycles. The van der Waals surface area contributed by atoms with Gasteiger partial charge in [0.2, 0.25) is 0 Å². The predicted molar refractivity (Wildman–Crippen MR) is 60.1 cm³/mol. The zero-order chi connectivity index (χ0) is 10.0. The lowest BCUT2D eigenvalue weighted by Gasteiger charge is -2.10. The quantitative estimate of drug-likeness (QED) is 0.370. The molecular weight excluding hydrogens is 164 g/mol. The van der Waals surface area contributed by atoms with Crippen molar-refractivity contribution >= 4 is 8.32 Å². The fourth-order valence-corrected chi connectivity index (χ4v) is 0.348. The molecule has 0 unspecified atom stereocenters. The molecule has 0 heterocycles. The van der Waals surface area contributed by atoms with Gasteiger partial charge in [0.15, 0.2) is 8.32 Å². The van der Waals surface area contributed by atoms with Gasteiger partial charge in [-0.1, -0.05) is 25.8 Å². The molecule has 12 heavy (non-hydrogen) atoms. The lowest BCUT2D eigenvalue weighted by molar-refractivity contribution is 0.411. The Bertz CT molecular complexity index is 94.5. The van der Waals surface area contributed by atoms with Gasteiger partial charge in [0.1, 0.15) is 0 Å². The first-order valence-corrected chi connectivity index (χ1v) is 8.04. The van der Waals surface area contributed by atoms with E-state index in [1.807, 2.05) is 6.08 Å². The molecule has 0 N–H and O–H groups in total. The number of hydrogen-bond donors (Lipinski definition) is 0. The fraction of sp³-hybridized carbons (Fsp3) is 0.800. The molecule has 0 spiro atoms. The third-order valence-corrected chi connectivity index (χ3v) is 2.60. The Hall–Kier alpha value is -0.0831. The highest BCUT2D eigenvalue weighted by Gasteiger charge is 2.09. The smallest absolute Gasteiger partial charge is 0.183 e. The normalized spacial score (nSPS) is 10.1. The monoisotopic (exact) mass is 188 g/mol. The zero-order valence-corrected chi connectivity index (χ0v) is 10.3. The van der Waals surface area contributed by atoms with Crippen LogP contribution in [0.1, 0.15) is 26.2 Å². The van der Waals surface area contributed by atoms with E-state index in [1.54, 1.807) is 7.11 Å². The van der Waals surface area contributed by atoms with Crippen LogP contribution in [-0.4, -0.2) is 15.4 Å². The minimum atomic E-state index is -1.13. The molecule has 0 saturated carbocycles. The molecule has 0 bridgehead atoms. The molecule has 0 aromatic heterocycles. The van der Waals surface area contributed by atoms with Crippen LogP contribution in [0.5, 0.6) is 0 Å². The van der Waals surface area contributed by atoms with Gasteiger partial charge in [-0.05, 0) is 26.1 Å². The summed E-state index contributed by atoms with van der Waals surface area (Å²) in [5.74, 6) is 0. The molecule has 0 aromatic rings. The van der Waals surface area contributed by atoms with E-state index in [-0.39, 0.29) is 0 Å². The van der Waals surface area contributed by atoms with Crippen molar-refractivity contribution in [3.8, 4) is 0 Å². The van der Waals surface area contributed by atoms with E-state index in [9.17, 15) is 0 Å². The van der Waals surface area contributed by atoms with Gasteiger partial charge in [-0.25, -0.2) is 0 Å². The Balaban J connectivity index is 0. The second kappa shape index (κ2) is 9.01. The molecule has 0 aromatic carbocycles. The van der Waals surface area contributed by atoms with Crippen molar-refractivity contribution < 1.29 is 4.43 Å². The van der Waals surface area contributed by atoms with Crippen molar-refractivity contribution in [3.63, 3.8) is 0 Å². The maximum absolute atomic E-state index is 5.08. The van der Waals surface area contributed by atoms with Crippen molar-refractivity contribution in [3.05, 3.63) is 12.7 Å². The number of allylic oxidation sites excluding steroid dienone is 1. The second-order valence-corrected chi connectivity index (χ2v) is 8.38. The maximum Gasteiger partial charge on any atom is 0.183 e. The second-order valence-electron chi connectivity index (χ2n) is 3.75. The van der Waals surface area contributed by atoms with E-state index in [2.05, 4.69) is 33.1 Å². The molecule has 0 rings (SSSR count). The molecule has 74 valence electrons.